The van der Waals surface area contributed by atoms with Crippen molar-refractivity contribution in [2.45, 2.75) is 89.1 Å². The quantitative estimate of drug-likeness (QED) is 0.191. The summed E-state index contributed by atoms with van der Waals surface area (Å²) in [7, 11) is 1.76. The van der Waals surface area contributed by atoms with Crippen LogP contribution in [0.15, 0.2) is 48.7 Å². The van der Waals surface area contributed by atoms with Crippen molar-refractivity contribution < 1.29 is 29.0 Å². The standard InChI is InChI=1S/C46H60N10O6/c1-30-44(61)52(2)38-26-47-45(50-41(38)56(30)35-5-3-4-6-35)48-37-13-9-33(25-39(37)62-24-23-57)42(59)51-55-28-46(29-55)17-21-53(22-18-46)27-31-15-19-54(20-16-31)34-10-7-32(8-11-34)36-12-14-40(58)49-43(36)60/h7-11,13,25-26,30-31,35-36,57H,3-6,12,14-24,27-29H2,1-2H3,(H,51,59)(H,47,48,50)(H,49,58,60)/t30-,36?/m1/s1. The van der Waals surface area contributed by atoms with E-state index in [1.54, 1.807) is 36.3 Å². The van der Waals surface area contributed by atoms with Crippen molar-refractivity contribution in [1.82, 2.24) is 30.6 Å². The maximum Gasteiger partial charge on any atom is 0.265 e. The van der Waals surface area contributed by atoms with Gasteiger partial charge < -0.3 is 34.8 Å². The van der Waals surface area contributed by atoms with Crippen LogP contribution in [-0.4, -0.2) is 127 Å². The van der Waals surface area contributed by atoms with Crippen LogP contribution in [0.1, 0.15) is 93.0 Å². The van der Waals surface area contributed by atoms with Gasteiger partial charge in [-0.15, -0.1) is 0 Å². The Hall–Kier alpha value is -5.32. The highest BCUT2D eigenvalue weighted by Crippen LogP contribution is 2.42. The van der Waals surface area contributed by atoms with Gasteiger partial charge in [-0.1, -0.05) is 25.0 Å². The number of carbonyl (C=O) groups excluding carboxylic acids is 4. The van der Waals surface area contributed by atoms with Crippen LogP contribution in [0.3, 0.4) is 0 Å². The summed E-state index contributed by atoms with van der Waals surface area (Å²) >= 11 is 0. The van der Waals surface area contributed by atoms with E-state index in [0.717, 1.165) is 109 Å². The summed E-state index contributed by atoms with van der Waals surface area (Å²) < 4.78 is 5.92. The predicted octanol–water partition coefficient (Wildman–Crippen LogP) is 4.18. The van der Waals surface area contributed by atoms with Gasteiger partial charge in [-0.3, -0.25) is 29.9 Å². The molecule has 16 nitrogen and oxygen atoms in total. The summed E-state index contributed by atoms with van der Waals surface area (Å²) in [6.45, 7) is 8.78. The number of hydrogen-bond donors (Lipinski definition) is 4. The lowest BCUT2D eigenvalue weighted by Crippen LogP contribution is -2.65. The number of imide groups is 1. The lowest BCUT2D eigenvalue weighted by molar-refractivity contribution is -0.134. The van der Waals surface area contributed by atoms with Crippen molar-refractivity contribution in [3.63, 3.8) is 0 Å². The molecule has 3 aromatic rings. The maximum absolute atomic E-state index is 13.5. The number of amides is 4. The van der Waals surface area contributed by atoms with Crippen LogP contribution in [0, 0.1) is 11.3 Å². The third kappa shape index (κ3) is 8.69. The number of anilines is 5. The molecule has 4 saturated heterocycles. The predicted molar refractivity (Wildman–Crippen MR) is 236 cm³/mol. The fraction of sp³-hybridized carbons (Fsp3) is 0.565. The lowest BCUT2D eigenvalue weighted by Gasteiger charge is -2.54. The molecule has 5 fully saturated rings. The van der Waals surface area contributed by atoms with Gasteiger partial charge in [-0.2, -0.15) is 4.98 Å². The molecule has 2 aromatic carbocycles. The number of nitrogens with zero attached hydrogens (tertiary/aromatic N) is 7. The number of piperidine rings is 3. The van der Waals surface area contributed by atoms with Crippen LogP contribution in [0.5, 0.6) is 5.75 Å². The summed E-state index contributed by atoms with van der Waals surface area (Å²) in [6, 6.07) is 13.4. The van der Waals surface area contributed by atoms with Gasteiger partial charge >= 0.3 is 0 Å². The second-order valence-electron chi connectivity index (χ2n) is 18.4. The van der Waals surface area contributed by atoms with Gasteiger partial charge in [-0.05, 0) is 107 Å². The van der Waals surface area contributed by atoms with Crippen LogP contribution < -0.4 is 35.5 Å². The molecule has 5 aliphatic heterocycles. The van der Waals surface area contributed by atoms with E-state index in [2.05, 4.69) is 47.9 Å². The van der Waals surface area contributed by atoms with Gasteiger partial charge in [0.2, 0.25) is 23.7 Å². The molecular weight excluding hydrogens is 789 g/mol. The third-order valence-corrected chi connectivity index (χ3v) is 14.3. The van der Waals surface area contributed by atoms with Gasteiger partial charge in [0.05, 0.1) is 24.4 Å². The van der Waals surface area contributed by atoms with Crippen molar-refractivity contribution in [3.8, 4) is 5.75 Å². The number of benzene rings is 2. The Morgan fingerprint density at radius 3 is 2.42 bits per heavy atom. The maximum atomic E-state index is 13.5. The van der Waals surface area contributed by atoms with E-state index in [0.29, 0.717) is 47.4 Å². The molecule has 0 bridgehead atoms. The normalized spacial score (nSPS) is 23.6. The molecule has 1 aliphatic carbocycles. The Bertz CT molecular complexity index is 2140. The zero-order chi connectivity index (χ0) is 43.0. The van der Waals surface area contributed by atoms with Crippen LogP contribution >= 0.6 is 0 Å². The number of ether oxygens (including phenoxy) is 1. The Balaban J connectivity index is 0.744. The smallest absolute Gasteiger partial charge is 0.265 e. The van der Waals surface area contributed by atoms with E-state index >= 15 is 0 Å². The number of hydrazine groups is 1. The number of likely N-dealkylation sites (tertiary alicyclic amines) is 1. The first-order valence-corrected chi connectivity index (χ1v) is 22.6. The first kappa shape index (κ1) is 42.0. The van der Waals surface area contributed by atoms with Crippen LogP contribution in [0.4, 0.5) is 28.8 Å². The molecule has 62 heavy (non-hydrogen) atoms. The molecule has 4 N–H and O–H groups in total. The first-order valence-electron chi connectivity index (χ1n) is 22.6. The zero-order valence-electron chi connectivity index (χ0n) is 36.0. The minimum Gasteiger partial charge on any atom is -0.489 e. The molecule has 6 aliphatic rings. The van der Waals surface area contributed by atoms with E-state index in [1.165, 1.54) is 5.69 Å². The highest BCUT2D eigenvalue weighted by Gasteiger charge is 2.46. The van der Waals surface area contributed by atoms with E-state index in [9.17, 15) is 24.3 Å². The molecule has 16 heteroatoms. The summed E-state index contributed by atoms with van der Waals surface area (Å²) in [5.74, 6) is 1.33. The van der Waals surface area contributed by atoms with Crippen molar-refractivity contribution in [2.75, 3.05) is 86.1 Å². The summed E-state index contributed by atoms with van der Waals surface area (Å²) in [5.41, 5.74) is 7.18. The summed E-state index contributed by atoms with van der Waals surface area (Å²) in [6.07, 6.45) is 11.5. The van der Waals surface area contributed by atoms with E-state index in [4.69, 9.17) is 9.72 Å². The number of hydrogen-bond acceptors (Lipinski definition) is 13. The van der Waals surface area contributed by atoms with Crippen LogP contribution in [-0.2, 0) is 14.4 Å². The first-order chi connectivity index (χ1) is 30.1. The van der Waals surface area contributed by atoms with Gasteiger partial charge in [0, 0.05) is 68.9 Å². The van der Waals surface area contributed by atoms with Gasteiger partial charge in [0.25, 0.3) is 5.91 Å². The molecule has 330 valence electrons. The number of fused-ring (bicyclic) bond motifs is 1. The second-order valence-corrected chi connectivity index (χ2v) is 18.4. The molecule has 1 unspecified atom stereocenters. The highest BCUT2D eigenvalue weighted by molar-refractivity contribution is 6.04. The number of aliphatic hydroxyl groups excluding tert-OH is 1. The van der Waals surface area contributed by atoms with E-state index in [1.807, 2.05) is 24.1 Å². The third-order valence-electron chi connectivity index (χ3n) is 14.3. The minimum atomic E-state index is -0.331. The van der Waals surface area contributed by atoms with Gasteiger partial charge in [0.1, 0.15) is 24.1 Å². The molecule has 6 heterocycles. The number of likely N-dealkylation sites (N-methyl/N-ethyl adjacent to an activating group) is 1. The molecule has 1 aromatic heterocycles. The van der Waals surface area contributed by atoms with Crippen molar-refractivity contribution >= 4 is 52.5 Å². The largest absolute Gasteiger partial charge is 0.489 e. The fourth-order valence-electron chi connectivity index (χ4n) is 10.6. The highest BCUT2D eigenvalue weighted by atomic mass is 16.5. The molecule has 0 radical (unpaired) electrons. The number of aliphatic hydroxyl groups is 1. The van der Waals surface area contributed by atoms with E-state index < -0.39 is 0 Å². The monoisotopic (exact) mass is 848 g/mol. The SMILES string of the molecule is C[C@@H]1C(=O)N(C)c2cnc(Nc3ccc(C(=O)NN4CC5(CCN(CC6CCN(c7ccc(C8CCC(=O)NC8=O)cc7)CC6)CC5)C4)cc3OCCO)nc2N1C1CCCC1. The minimum absolute atomic E-state index is 0.0246. The van der Waals surface area contributed by atoms with Crippen LogP contribution in [0.25, 0.3) is 0 Å². The Morgan fingerprint density at radius 1 is 0.968 bits per heavy atom. The average molecular weight is 849 g/mol. The molecule has 1 spiro atoms. The van der Waals surface area contributed by atoms with Gasteiger partial charge in [0.15, 0.2) is 5.82 Å². The lowest BCUT2D eigenvalue weighted by atomic mass is 9.72. The molecule has 4 amide bonds. The zero-order valence-corrected chi connectivity index (χ0v) is 36.0. The van der Waals surface area contributed by atoms with Crippen molar-refractivity contribution in [3.05, 3.63) is 59.8 Å². The Kier molecular flexibility index (Phi) is 12.1. The number of rotatable bonds is 12. The molecule has 1 saturated carbocycles. The number of aromatic nitrogens is 2. The number of nitrogens with one attached hydrogen (secondary N) is 3. The van der Waals surface area contributed by atoms with Gasteiger partial charge in [-0.25, -0.2) is 9.99 Å². The topological polar surface area (TPSA) is 176 Å². The summed E-state index contributed by atoms with van der Waals surface area (Å²) in [5, 5.41) is 17.3. The second kappa shape index (κ2) is 17.8. The Labute approximate surface area is 363 Å². The molecule has 2 atom stereocenters. The average Bonchev–Trinajstić information content (AvgIpc) is 3.80. The molecular formula is C46H60N10O6. The van der Waals surface area contributed by atoms with E-state index in [-0.39, 0.29) is 60.3 Å². The Morgan fingerprint density at radius 2 is 1.71 bits per heavy atom. The van der Waals surface area contributed by atoms with Crippen molar-refractivity contribution in [2.24, 2.45) is 11.3 Å². The van der Waals surface area contributed by atoms with Crippen LogP contribution in [0.2, 0.25) is 0 Å². The number of carbonyl (C=O) groups is 4. The fourth-order valence-corrected chi connectivity index (χ4v) is 10.6. The molecule has 9 rings (SSSR count). The van der Waals surface area contributed by atoms with Crippen molar-refractivity contribution in [1.29, 1.82) is 0 Å². The summed E-state index contributed by atoms with van der Waals surface area (Å²) in [4.78, 5) is 68.8.